The van der Waals surface area contributed by atoms with Crippen molar-refractivity contribution in [1.82, 2.24) is 9.55 Å². The average Bonchev–Trinajstić information content (AvgIpc) is 2.77. The third-order valence-corrected chi connectivity index (χ3v) is 4.21. The van der Waals surface area contributed by atoms with E-state index >= 15 is 0 Å². The van der Waals surface area contributed by atoms with Crippen LogP contribution in [-0.4, -0.2) is 43.4 Å². The zero-order valence-electron chi connectivity index (χ0n) is 10.6. The molecule has 0 saturated carbocycles. The first kappa shape index (κ1) is 14.4. The van der Waals surface area contributed by atoms with Crippen molar-refractivity contribution >= 4 is 9.84 Å². The molecular formula is C11H16F2N2O3S. The van der Waals surface area contributed by atoms with E-state index in [1.807, 2.05) is 0 Å². The summed E-state index contributed by atoms with van der Waals surface area (Å²) in [4.78, 5) is 3.63. The lowest BCUT2D eigenvalue weighted by Crippen LogP contribution is -2.37. The van der Waals surface area contributed by atoms with Gasteiger partial charge in [-0.1, -0.05) is 0 Å². The number of alkyl halides is 2. The first-order valence-electron chi connectivity index (χ1n) is 5.97. The maximum atomic E-state index is 14.1. The van der Waals surface area contributed by atoms with Gasteiger partial charge in [0.15, 0.2) is 0 Å². The van der Waals surface area contributed by atoms with E-state index in [1.165, 1.54) is 12.4 Å². The first-order valence-corrected chi connectivity index (χ1v) is 7.86. The predicted molar refractivity (Wildman–Crippen MR) is 63.8 cm³/mol. The molecule has 1 aromatic heterocycles. The second-order valence-electron chi connectivity index (χ2n) is 4.76. The van der Waals surface area contributed by atoms with Crippen molar-refractivity contribution in [3.05, 3.63) is 12.4 Å². The fraction of sp³-hybridized carbons (Fsp3) is 0.727. The Morgan fingerprint density at radius 1 is 1.47 bits per heavy atom. The van der Waals surface area contributed by atoms with Crippen molar-refractivity contribution in [2.24, 2.45) is 5.92 Å². The molecule has 8 heteroatoms. The quantitative estimate of drug-likeness (QED) is 0.841. The Hall–Kier alpha value is -1.02. The van der Waals surface area contributed by atoms with Gasteiger partial charge in [0.05, 0.1) is 6.54 Å². The smallest absolute Gasteiger partial charge is 0.268 e. The van der Waals surface area contributed by atoms with E-state index < -0.39 is 28.2 Å². The maximum absolute atomic E-state index is 14.1. The van der Waals surface area contributed by atoms with Crippen LogP contribution in [0.1, 0.15) is 12.8 Å². The highest BCUT2D eigenvalue weighted by molar-refractivity contribution is 7.90. The van der Waals surface area contributed by atoms with E-state index in [-0.39, 0.29) is 18.0 Å². The molecule has 0 amide bonds. The molecule has 19 heavy (non-hydrogen) atoms. The molecule has 2 heterocycles. The van der Waals surface area contributed by atoms with E-state index in [1.54, 1.807) is 0 Å². The second kappa shape index (κ2) is 5.16. The molecule has 1 aliphatic rings. The summed E-state index contributed by atoms with van der Waals surface area (Å²) in [6.45, 7) is -0.0215. The van der Waals surface area contributed by atoms with Crippen LogP contribution in [0.25, 0.3) is 0 Å². The Bertz CT molecular complexity index is 536. The van der Waals surface area contributed by atoms with E-state index in [0.29, 0.717) is 13.2 Å². The maximum Gasteiger partial charge on any atom is 0.268 e. The van der Waals surface area contributed by atoms with E-state index in [2.05, 4.69) is 4.98 Å². The summed E-state index contributed by atoms with van der Waals surface area (Å²) >= 11 is 0. The zero-order valence-corrected chi connectivity index (χ0v) is 11.4. The van der Waals surface area contributed by atoms with Gasteiger partial charge in [-0.2, -0.15) is 0 Å². The monoisotopic (exact) mass is 294 g/mol. The minimum absolute atomic E-state index is 0.288. The van der Waals surface area contributed by atoms with Gasteiger partial charge in [0, 0.05) is 37.8 Å². The molecule has 5 nitrogen and oxygen atoms in total. The van der Waals surface area contributed by atoms with Crippen molar-refractivity contribution in [3.8, 4) is 0 Å². The van der Waals surface area contributed by atoms with Gasteiger partial charge < -0.3 is 9.30 Å². The van der Waals surface area contributed by atoms with Gasteiger partial charge in [0.1, 0.15) is 0 Å². The summed E-state index contributed by atoms with van der Waals surface area (Å²) in [6, 6.07) is 0. The van der Waals surface area contributed by atoms with Crippen molar-refractivity contribution in [3.63, 3.8) is 0 Å². The van der Waals surface area contributed by atoms with Crippen LogP contribution in [0.5, 0.6) is 0 Å². The fourth-order valence-electron chi connectivity index (χ4n) is 2.22. The molecule has 0 unspecified atom stereocenters. The standard InChI is InChI=1S/C11H16F2N2O3S/c1-19(16,17)10-14-4-5-15(10)8-11(12,13)9-2-6-18-7-3-9/h4-5,9H,2-3,6-8H2,1H3. The number of hydrogen-bond acceptors (Lipinski definition) is 4. The first-order chi connectivity index (χ1) is 8.81. The minimum Gasteiger partial charge on any atom is -0.381 e. The summed E-state index contributed by atoms with van der Waals surface area (Å²) in [6.07, 6.45) is 4.02. The van der Waals surface area contributed by atoms with Crippen molar-refractivity contribution in [2.75, 3.05) is 19.5 Å². The Labute approximate surface area is 110 Å². The van der Waals surface area contributed by atoms with Gasteiger partial charge >= 0.3 is 0 Å². The molecule has 1 aliphatic heterocycles. The third-order valence-electron chi connectivity index (χ3n) is 3.21. The predicted octanol–water partition coefficient (Wildman–Crippen LogP) is 1.35. The lowest BCUT2D eigenvalue weighted by atomic mass is 9.93. The summed E-state index contributed by atoms with van der Waals surface area (Å²) in [5.41, 5.74) is 0. The van der Waals surface area contributed by atoms with E-state index in [0.717, 1.165) is 10.8 Å². The molecule has 0 aliphatic carbocycles. The highest BCUT2D eigenvalue weighted by atomic mass is 32.2. The summed E-state index contributed by atoms with van der Waals surface area (Å²) in [5, 5.41) is -0.320. The molecule has 2 rings (SSSR count). The largest absolute Gasteiger partial charge is 0.381 e. The summed E-state index contributed by atoms with van der Waals surface area (Å²) in [5.74, 6) is -3.75. The number of rotatable bonds is 4. The Kier molecular flexibility index (Phi) is 3.91. The molecule has 0 N–H and O–H groups in total. The van der Waals surface area contributed by atoms with Gasteiger partial charge in [-0.05, 0) is 12.8 Å². The van der Waals surface area contributed by atoms with Crippen LogP contribution in [-0.2, 0) is 21.1 Å². The average molecular weight is 294 g/mol. The summed E-state index contributed by atoms with van der Waals surface area (Å²) in [7, 11) is -3.60. The molecule has 1 fully saturated rings. The lowest BCUT2D eigenvalue weighted by Gasteiger charge is -2.30. The Morgan fingerprint density at radius 3 is 2.68 bits per heavy atom. The topological polar surface area (TPSA) is 61.2 Å². The highest BCUT2D eigenvalue weighted by Gasteiger charge is 2.41. The molecule has 0 spiro atoms. The third kappa shape index (κ3) is 3.30. The molecule has 1 aromatic rings. The molecule has 108 valence electrons. The molecule has 0 aromatic carbocycles. The molecule has 0 bridgehead atoms. The van der Waals surface area contributed by atoms with Crippen LogP contribution >= 0.6 is 0 Å². The van der Waals surface area contributed by atoms with Gasteiger partial charge in [-0.15, -0.1) is 0 Å². The Morgan fingerprint density at radius 2 is 2.11 bits per heavy atom. The number of sulfone groups is 1. The van der Waals surface area contributed by atoms with Crippen LogP contribution in [0.3, 0.4) is 0 Å². The van der Waals surface area contributed by atoms with Gasteiger partial charge in [-0.3, -0.25) is 0 Å². The van der Waals surface area contributed by atoms with Gasteiger partial charge in [-0.25, -0.2) is 22.2 Å². The molecule has 0 atom stereocenters. The van der Waals surface area contributed by atoms with Crippen LogP contribution in [0.4, 0.5) is 8.78 Å². The van der Waals surface area contributed by atoms with E-state index in [4.69, 9.17) is 4.74 Å². The van der Waals surface area contributed by atoms with Crippen LogP contribution < -0.4 is 0 Å². The van der Waals surface area contributed by atoms with Crippen molar-refractivity contribution < 1.29 is 21.9 Å². The molecule has 1 saturated heterocycles. The van der Waals surface area contributed by atoms with E-state index in [9.17, 15) is 17.2 Å². The number of aromatic nitrogens is 2. The SMILES string of the molecule is CS(=O)(=O)c1nccn1CC(F)(F)C1CCOCC1. The Balaban J connectivity index is 2.18. The van der Waals surface area contributed by atoms with Crippen LogP contribution in [0.15, 0.2) is 17.6 Å². The van der Waals surface area contributed by atoms with Crippen LogP contribution in [0.2, 0.25) is 0 Å². The highest BCUT2D eigenvalue weighted by Crippen LogP contribution is 2.34. The molecule has 0 radical (unpaired) electrons. The summed E-state index contributed by atoms with van der Waals surface area (Å²) < 4.78 is 57.2. The minimum atomic E-state index is -3.60. The lowest BCUT2D eigenvalue weighted by molar-refractivity contribution is -0.108. The number of hydrogen-bond donors (Lipinski definition) is 0. The zero-order chi connectivity index (χ0) is 14.1. The number of ether oxygens (including phenoxy) is 1. The van der Waals surface area contributed by atoms with Crippen molar-refractivity contribution in [1.29, 1.82) is 0 Å². The number of nitrogens with zero attached hydrogens (tertiary/aromatic N) is 2. The second-order valence-corrected chi connectivity index (χ2v) is 6.67. The molecular weight excluding hydrogens is 278 g/mol. The number of halogens is 2. The van der Waals surface area contributed by atoms with Gasteiger partial charge in [0.25, 0.3) is 5.92 Å². The van der Waals surface area contributed by atoms with Crippen LogP contribution in [0, 0.1) is 5.92 Å². The fourth-order valence-corrected chi connectivity index (χ4v) is 3.02. The number of imidazole rings is 1. The van der Waals surface area contributed by atoms with Gasteiger partial charge in [0.2, 0.25) is 15.0 Å². The van der Waals surface area contributed by atoms with Crippen molar-refractivity contribution in [2.45, 2.75) is 30.5 Å². The normalized spacial score (nSPS) is 18.7.